The minimum absolute atomic E-state index is 0.0286. The van der Waals surface area contributed by atoms with Crippen LogP contribution in [0.25, 0.3) is 0 Å². The Labute approximate surface area is 127 Å². The zero-order valence-electron chi connectivity index (χ0n) is 12.2. The number of benzene rings is 1. The van der Waals surface area contributed by atoms with Crippen molar-refractivity contribution in [2.75, 3.05) is 6.54 Å². The number of hydrogen-bond acceptors (Lipinski definition) is 3. The molecule has 2 rings (SSSR count). The van der Waals surface area contributed by atoms with Crippen molar-refractivity contribution in [2.45, 2.75) is 43.3 Å². The summed E-state index contributed by atoms with van der Waals surface area (Å²) >= 11 is 0. The molecule has 0 heterocycles. The fourth-order valence-corrected chi connectivity index (χ4v) is 4.41. The Morgan fingerprint density at radius 2 is 2.00 bits per heavy atom. The molecule has 4 nitrogen and oxygen atoms in total. The largest absolute Gasteiger partial charge is 0.416 e. The van der Waals surface area contributed by atoms with Crippen molar-refractivity contribution in [1.29, 1.82) is 0 Å². The molecule has 1 saturated carbocycles. The van der Waals surface area contributed by atoms with Crippen molar-refractivity contribution in [3.05, 3.63) is 29.3 Å². The van der Waals surface area contributed by atoms with Crippen LogP contribution in [0.2, 0.25) is 0 Å². The smallest absolute Gasteiger partial charge is 0.330 e. The van der Waals surface area contributed by atoms with Crippen LogP contribution in [0, 0.1) is 12.8 Å². The molecule has 0 saturated heterocycles. The third kappa shape index (κ3) is 3.61. The lowest BCUT2D eigenvalue weighted by molar-refractivity contribution is -0.137. The predicted molar refractivity (Wildman–Crippen MR) is 76.7 cm³/mol. The molecule has 0 bridgehead atoms. The van der Waals surface area contributed by atoms with E-state index in [-0.39, 0.29) is 22.4 Å². The first-order valence-electron chi connectivity index (χ1n) is 7.05. The Balaban J connectivity index is 2.33. The number of hydrogen-bond donors (Lipinski definition) is 2. The molecular weight excluding hydrogens is 317 g/mol. The minimum atomic E-state index is -4.58. The third-order valence-electron chi connectivity index (χ3n) is 4.07. The average Bonchev–Trinajstić information content (AvgIpc) is 2.84. The van der Waals surface area contributed by atoms with E-state index in [4.69, 9.17) is 5.73 Å². The van der Waals surface area contributed by atoms with Gasteiger partial charge in [0.1, 0.15) is 0 Å². The van der Waals surface area contributed by atoms with Gasteiger partial charge in [-0.05, 0) is 49.9 Å². The molecule has 1 aliphatic rings. The number of sulfonamides is 1. The summed E-state index contributed by atoms with van der Waals surface area (Å²) < 4.78 is 65.7. The standard InChI is InChI=1S/C14H19F3N2O2S/c1-9-5-6-11(14(15,16)17)7-13(9)22(20,21)19-12-4-2-3-10(12)8-18/h5-7,10,12,19H,2-4,8,18H2,1H3. The molecule has 1 aromatic carbocycles. The van der Waals surface area contributed by atoms with Crippen LogP contribution in [0.3, 0.4) is 0 Å². The first kappa shape index (κ1) is 17.2. The quantitative estimate of drug-likeness (QED) is 0.887. The van der Waals surface area contributed by atoms with E-state index in [2.05, 4.69) is 4.72 Å². The fourth-order valence-electron chi connectivity index (χ4n) is 2.80. The van der Waals surface area contributed by atoms with Gasteiger partial charge in [0.05, 0.1) is 10.5 Å². The number of alkyl halides is 3. The molecule has 1 aromatic rings. The van der Waals surface area contributed by atoms with Gasteiger partial charge < -0.3 is 5.73 Å². The molecule has 0 radical (unpaired) electrons. The molecule has 0 aromatic heterocycles. The van der Waals surface area contributed by atoms with Crippen LogP contribution in [0.15, 0.2) is 23.1 Å². The minimum Gasteiger partial charge on any atom is -0.330 e. The lowest BCUT2D eigenvalue weighted by Gasteiger charge is -2.20. The van der Waals surface area contributed by atoms with E-state index in [1.165, 1.54) is 13.0 Å². The molecule has 1 aliphatic carbocycles. The second-order valence-corrected chi connectivity index (χ2v) is 7.31. The zero-order chi connectivity index (χ0) is 16.5. The van der Waals surface area contributed by atoms with Crippen LogP contribution in [-0.2, 0) is 16.2 Å². The van der Waals surface area contributed by atoms with Gasteiger partial charge in [0, 0.05) is 6.04 Å². The second-order valence-electron chi connectivity index (χ2n) is 5.63. The topological polar surface area (TPSA) is 72.2 Å². The Kier molecular flexibility index (Phi) is 4.84. The van der Waals surface area contributed by atoms with Crippen molar-refractivity contribution in [1.82, 2.24) is 4.72 Å². The summed E-state index contributed by atoms with van der Waals surface area (Å²) in [6.07, 6.45) is -2.24. The summed E-state index contributed by atoms with van der Waals surface area (Å²) in [4.78, 5) is -0.329. The Hall–Kier alpha value is -1.12. The number of aryl methyl sites for hydroxylation is 1. The lowest BCUT2D eigenvalue weighted by atomic mass is 10.1. The van der Waals surface area contributed by atoms with Crippen molar-refractivity contribution in [2.24, 2.45) is 11.7 Å². The van der Waals surface area contributed by atoms with Crippen LogP contribution < -0.4 is 10.5 Å². The van der Waals surface area contributed by atoms with E-state index in [0.717, 1.165) is 18.9 Å². The Morgan fingerprint density at radius 3 is 2.59 bits per heavy atom. The van der Waals surface area contributed by atoms with Gasteiger partial charge in [0.15, 0.2) is 0 Å². The summed E-state index contributed by atoms with van der Waals surface area (Å²) in [5, 5.41) is 0. The van der Waals surface area contributed by atoms with Gasteiger partial charge in [-0.15, -0.1) is 0 Å². The molecule has 0 aliphatic heterocycles. The van der Waals surface area contributed by atoms with Gasteiger partial charge in [0.2, 0.25) is 10.0 Å². The molecule has 0 amide bonds. The van der Waals surface area contributed by atoms with E-state index in [1.807, 2.05) is 0 Å². The normalized spacial score (nSPS) is 23.0. The summed E-state index contributed by atoms with van der Waals surface area (Å²) in [5.41, 5.74) is 4.92. The lowest BCUT2D eigenvalue weighted by Crippen LogP contribution is -2.40. The van der Waals surface area contributed by atoms with E-state index in [9.17, 15) is 21.6 Å². The van der Waals surface area contributed by atoms with Crippen molar-refractivity contribution < 1.29 is 21.6 Å². The first-order chi connectivity index (χ1) is 10.1. The summed E-state index contributed by atoms with van der Waals surface area (Å²) in [6, 6.07) is 2.42. The second kappa shape index (κ2) is 6.17. The fraction of sp³-hybridized carbons (Fsp3) is 0.571. The number of rotatable bonds is 4. The monoisotopic (exact) mass is 336 g/mol. The highest BCUT2D eigenvalue weighted by atomic mass is 32.2. The van der Waals surface area contributed by atoms with Crippen LogP contribution in [0.5, 0.6) is 0 Å². The number of halogens is 3. The summed E-state index contributed by atoms with van der Waals surface area (Å²) in [5.74, 6) is 0.0286. The molecule has 8 heteroatoms. The molecular formula is C14H19F3N2O2S. The highest BCUT2D eigenvalue weighted by molar-refractivity contribution is 7.89. The maximum Gasteiger partial charge on any atom is 0.416 e. The van der Waals surface area contributed by atoms with Gasteiger partial charge in [-0.3, -0.25) is 0 Å². The Bertz CT molecular complexity index is 644. The maximum atomic E-state index is 12.8. The van der Waals surface area contributed by atoms with E-state index in [0.29, 0.717) is 19.0 Å². The highest BCUT2D eigenvalue weighted by Crippen LogP contribution is 2.32. The molecule has 0 spiro atoms. The van der Waals surface area contributed by atoms with Gasteiger partial charge in [-0.2, -0.15) is 13.2 Å². The van der Waals surface area contributed by atoms with Crippen molar-refractivity contribution in [3.63, 3.8) is 0 Å². The van der Waals surface area contributed by atoms with E-state index >= 15 is 0 Å². The van der Waals surface area contributed by atoms with Crippen LogP contribution in [-0.4, -0.2) is 21.0 Å². The maximum absolute atomic E-state index is 12.8. The molecule has 3 N–H and O–H groups in total. The van der Waals surface area contributed by atoms with Crippen LogP contribution in [0.1, 0.15) is 30.4 Å². The summed E-state index contributed by atoms with van der Waals surface area (Å²) in [6.45, 7) is 1.83. The average molecular weight is 336 g/mol. The van der Waals surface area contributed by atoms with Gasteiger partial charge in [-0.25, -0.2) is 13.1 Å². The van der Waals surface area contributed by atoms with Crippen LogP contribution >= 0.6 is 0 Å². The molecule has 124 valence electrons. The van der Waals surface area contributed by atoms with Crippen molar-refractivity contribution in [3.8, 4) is 0 Å². The van der Waals surface area contributed by atoms with Crippen molar-refractivity contribution >= 4 is 10.0 Å². The molecule has 22 heavy (non-hydrogen) atoms. The highest BCUT2D eigenvalue weighted by Gasteiger charge is 2.34. The van der Waals surface area contributed by atoms with E-state index < -0.39 is 21.8 Å². The number of nitrogens with two attached hydrogens (primary N) is 1. The number of nitrogens with one attached hydrogen (secondary N) is 1. The SMILES string of the molecule is Cc1ccc(C(F)(F)F)cc1S(=O)(=O)NC1CCCC1CN. The van der Waals surface area contributed by atoms with Crippen LogP contribution in [0.4, 0.5) is 13.2 Å². The Morgan fingerprint density at radius 1 is 1.32 bits per heavy atom. The van der Waals surface area contributed by atoms with Gasteiger partial charge in [-0.1, -0.05) is 12.5 Å². The third-order valence-corrected chi connectivity index (χ3v) is 5.71. The molecule has 2 atom stereocenters. The van der Waals surface area contributed by atoms with Gasteiger partial charge >= 0.3 is 6.18 Å². The molecule has 2 unspecified atom stereocenters. The first-order valence-corrected chi connectivity index (χ1v) is 8.53. The zero-order valence-corrected chi connectivity index (χ0v) is 13.0. The van der Waals surface area contributed by atoms with Gasteiger partial charge in [0.25, 0.3) is 0 Å². The predicted octanol–water partition coefficient (Wildman–Crippen LogP) is 2.42. The van der Waals surface area contributed by atoms with E-state index in [1.54, 1.807) is 0 Å². The summed E-state index contributed by atoms with van der Waals surface area (Å²) in [7, 11) is -4.01. The molecule has 1 fully saturated rings.